The summed E-state index contributed by atoms with van der Waals surface area (Å²) in [4.78, 5) is 30.9. The molecule has 22 heavy (non-hydrogen) atoms. The molecule has 2 aromatic heterocycles. The fraction of sp³-hybridized carbons (Fsp3) is 0.438. The molecule has 1 aliphatic rings. The van der Waals surface area contributed by atoms with Crippen molar-refractivity contribution in [3.8, 4) is 0 Å². The zero-order chi connectivity index (χ0) is 15.9. The van der Waals surface area contributed by atoms with Crippen molar-refractivity contribution in [2.24, 2.45) is 5.92 Å². The van der Waals surface area contributed by atoms with Crippen LogP contribution in [0.25, 0.3) is 5.65 Å². The van der Waals surface area contributed by atoms with Crippen LogP contribution in [0.15, 0.2) is 29.3 Å². The number of carbonyl (C=O) groups is 1. The monoisotopic (exact) mass is 301 g/mol. The Morgan fingerprint density at radius 1 is 1.45 bits per heavy atom. The Hall–Kier alpha value is -2.21. The lowest BCUT2D eigenvalue weighted by atomic mass is 9.96. The van der Waals surface area contributed by atoms with Crippen LogP contribution in [-0.4, -0.2) is 44.5 Å². The Bertz CT molecular complexity index is 784. The van der Waals surface area contributed by atoms with Gasteiger partial charge in [-0.05, 0) is 30.9 Å². The molecule has 1 fully saturated rings. The molecule has 0 aliphatic carbocycles. The van der Waals surface area contributed by atoms with Gasteiger partial charge in [-0.15, -0.1) is 0 Å². The van der Waals surface area contributed by atoms with E-state index in [0.717, 1.165) is 12.0 Å². The normalized spacial score (nSPS) is 22.0. The molecule has 0 saturated carbocycles. The van der Waals surface area contributed by atoms with Crippen LogP contribution in [0.1, 0.15) is 29.3 Å². The van der Waals surface area contributed by atoms with E-state index in [1.165, 1.54) is 15.5 Å². The Balaban J connectivity index is 1.98. The first kappa shape index (κ1) is 14.7. The van der Waals surface area contributed by atoms with Gasteiger partial charge in [0.25, 0.3) is 11.5 Å². The van der Waals surface area contributed by atoms with Crippen molar-refractivity contribution in [1.82, 2.24) is 14.3 Å². The molecule has 0 bridgehead atoms. The average molecular weight is 301 g/mol. The Labute approximate surface area is 128 Å². The lowest BCUT2D eigenvalue weighted by Gasteiger charge is -2.34. The molecule has 0 aromatic carbocycles. The van der Waals surface area contributed by atoms with Gasteiger partial charge in [-0.25, -0.2) is 4.98 Å². The quantitative estimate of drug-likeness (QED) is 0.847. The van der Waals surface area contributed by atoms with Crippen molar-refractivity contribution in [3.63, 3.8) is 0 Å². The van der Waals surface area contributed by atoms with E-state index in [-0.39, 0.29) is 29.5 Å². The van der Waals surface area contributed by atoms with E-state index >= 15 is 0 Å². The van der Waals surface area contributed by atoms with Crippen molar-refractivity contribution in [2.45, 2.75) is 26.4 Å². The van der Waals surface area contributed by atoms with Gasteiger partial charge in [0.05, 0.1) is 6.10 Å². The zero-order valence-corrected chi connectivity index (χ0v) is 12.7. The minimum Gasteiger partial charge on any atom is -0.391 e. The molecule has 6 heteroatoms. The summed E-state index contributed by atoms with van der Waals surface area (Å²) >= 11 is 0. The molecule has 0 spiro atoms. The van der Waals surface area contributed by atoms with Crippen LogP contribution in [-0.2, 0) is 0 Å². The second-order valence-electron chi connectivity index (χ2n) is 5.95. The number of aromatic nitrogens is 2. The molecular formula is C16H19N3O3. The number of piperidine rings is 1. The van der Waals surface area contributed by atoms with Crippen LogP contribution < -0.4 is 5.56 Å². The number of hydrogen-bond acceptors (Lipinski definition) is 4. The number of aliphatic hydroxyl groups excluding tert-OH is 1. The van der Waals surface area contributed by atoms with Gasteiger partial charge < -0.3 is 10.0 Å². The minimum absolute atomic E-state index is 0.0462. The number of rotatable bonds is 1. The van der Waals surface area contributed by atoms with E-state index in [4.69, 9.17) is 0 Å². The van der Waals surface area contributed by atoms with E-state index in [9.17, 15) is 14.7 Å². The summed E-state index contributed by atoms with van der Waals surface area (Å²) in [6, 6.07) is 3.62. The van der Waals surface area contributed by atoms with Gasteiger partial charge in [-0.1, -0.05) is 13.0 Å². The summed E-state index contributed by atoms with van der Waals surface area (Å²) in [5, 5.41) is 9.93. The molecule has 1 aliphatic heterocycles. The fourth-order valence-corrected chi connectivity index (χ4v) is 2.80. The number of hydrogen-bond donors (Lipinski definition) is 1. The van der Waals surface area contributed by atoms with E-state index in [1.54, 1.807) is 12.3 Å². The van der Waals surface area contributed by atoms with Crippen LogP contribution in [0.2, 0.25) is 0 Å². The number of pyridine rings is 1. The summed E-state index contributed by atoms with van der Waals surface area (Å²) < 4.78 is 1.39. The van der Waals surface area contributed by atoms with Crippen LogP contribution in [0.5, 0.6) is 0 Å². The second-order valence-corrected chi connectivity index (χ2v) is 5.95. The highest BCUT2D eigenvalue weighted by Crippen LogP contribution is 2.18. The van der Waals surface area contributed by atoms with E-state index in [2.05, 4.69) is 4.98 Å². The molecule has 2 atom stereocenters. The van der Waals surface area contributed by atoms with Gasteiger partial charge in [0.2, 0.25) is 0 Å². The first-order valence-corrected chi connectivity index (χ1v) is 7.43. The highest BCUT2D eigenvalue weighted by atomic mass is 16.3. The standard InChI is InChI=1S/C16H19N3O3/c1-10-5-7-18(9-13(10)20)15(21)12-8-17-14-11(2)4-3-6-19(14)16(12)22/h3-4,6,8,10,13,20H,5,7,9H2,1-2H3. The van der Waals surface area contributed by atoms with E-state index in [1.807, 2.05) is 19.9 Å². The van der Waals surface area contributed by atoms with E-state index in [0.29, 0.717) is 12.2 Å². The molecule has 6 nitrogen and oxygen atoms in total. The van der Waals surface area contributed by atoms with Crippen molar-refractivity contribution in [3.05, 3.63) is 46.0 Å². The predicted molar refractivity (Wildman–Crippen MR) is 81.9 cm³/mol. The summed E-state index contributed by atoms with van der Waals surface area (Å²) in [6.07, 6.45) is 3.14. The topological polar surface area (TPSA) is 74.9 Å². The minimum atomic E-state index is -0.545. The predicted octanol–water partition coefficient (Wildman–Crippen LogP) is 0.846. The van der Waals surface area contributed by atoms with Gasteiger partial charge in [-0.2, -0.15) is 0 Å². The first-order valence-electron chi connectivity index (χ1n) is 7.43. The summed E-state index contributed by atoms with van der Waals surface area (Å²) in [6.45, 7) is 4.64. The number of aryl methyl sites for hydroxylation is 1. The SMILES string of the molecule is Cc1cccn2c(=O)c(C(=O)N3CCC(C)C(O)C3)cnc12. The van der Waals surface area contributed by atoms with Gasteiger partial charge in [0.15, 0.2) is 0 Å². The van der Waals surface area contributed by atoms with Crippen LogP contribution in [0, 0.1) is 12.8 Å². The molecule has 2 unspecified atom stereocenters. The summed E-state index contributed by atoms with van der Waals surface area (Å²) in [5.74, 6) is -0.193. The number of nitrogens with zero attached hydrogens (tertiary/aromatic N) is 3. The maximum Gasteiger partial charge on any atom is 0.270 e. The Morgan fingerprint density at radius 2 is 2.23 bits per heavy atom. The number of fused-ring (bicyclic) bond motifs is 1. The number of likely N-dealkylation sites (tertiary alicyclic amines) is 1. The van der Waals surface area contributed by atoms with Crippen LogP contribution >= 0.6 is 0 Å². The number of amides is 1. The molecule has 116 valence electrons. The van der Waals surface area contributed by atoms with Crippen LogP contribution in [0.4, 0.5) is 0 Å². The third kappa shape index (κ3) is 2.39. The number of β-amino-alcohol motifs (C(OH)–C–C–N with tert-alkyl or cyclic N) is 1. The molecule has 3 heterocycles. The van der Waals surface area contributed by atoms with Crippen molar-refractivity contribution < 1.29 is 9.90 Å². The lowest BCUT2D eigenvalue weighted by Crippen LogP contribution is -2.47. The largest absolute Gasteiger partial charge is 0.391 e. The molecule has 3 rings (SSSR count). The third-order valence-corrected chi connectivity index (χ3v) is 4.36. The first-order chi connectivity index (χ1) is 10.5. The molecule has 2 aromatic rings. The molecular weight excluding hydrogens is 282 g/mol. The Morgan fingerprint density at radius 3 is 2.95 bits per heavy atom. The molecule has 1 amide bonds. The Kier molecular flexibility index (Phi) is 3.70. The number of carbonyl (C=O) groups excluding carboxylic acids is 1. The maximum absolute atomic E-state index is 12.6. The van der Waals surface area contributed by atoms with Crippen molar-refractivity contribution >= 4 is 11.6 Å². The molecule has 0 radical (unpaired) electrons. The van der Waals surface area contributed by atoms with Gasteiger partial charge >= 0.3 is 0 Å². The zero-order valence-electron chi connectivity index (χ0n) is 12.7. The van der Waals surface area contributed by atoms with E-state index < -0.39 is 6.10 Å². The second kappa shape index (κ2) is 5.53. The average Bonchev–Trinajstić information content (AvgIpc) is 2.51. The van der Waals surface area contributed by atoms with Crippen molar-refractivity contribution in [2.75, 3.05) is 13.1 Å². The van der Waals surface area contributed by atoms with Gasteiger partial charge in [-0.3, -0.25) is 14.0 Å². The molecule has 1 saturated heterocycles. The van der Waals surface area contributed by atoms with Gasteiger partial charge in [0, 0.05) is 25.5 Å². The maximum atomic E-state index is 12.6. The fourth-order valence-electron chi connectivity index (χ4n) is 2.80. The smallest absolute Gasteiger partial charge is 0.270 e. The van der Waals surface area contributed by atoms with Crippen LogP contribution in [0.3, 0.4) is 0 Å². The highest BCUT2D eigenvalue weighted by Gasteiger charge is 2.29. The van der Waals surface area contributed by atoms with Crippen molar-refractivity contribution in [1.29, 1.82) is 0 Å². The highest BCUT2D eigenvalue weighted by molar-refractivity contribution is 5.93. The molecule has 1 N–H and O–H groups in total. The lowest BCUT2D eigenvalue weighted by molar-refractivity contribution is 0.0247. The third-order valence-electron chi connectivity index (χ3n) is 4.36. The summed E-state index contributed by atoms with van der Waals surface area (Å²) in [5.41, 5.74) is 1.11. The number of aliphatic hydroxyl groups is 1. The summed E-state index contributed by atoms with van der Waals surface area (Å²) in [7, 11) is 0. The van der Waals surface area contributed by atoms with Gasteiger partial charge in [0.1, 0.15) is 11.2 Å².